The molecule has 5 nitrogen and oxygen atoms in total. The first-order chi connectivity index (χ1) is 13.9. The molecule has 0 aliphatic heterocycles. The predicted octanol–water partition coefficient (Wildman–Crippen LogP) is 4.64. The van der Waals surface area contributed by atoms with Gasteiger partial charge in [-0.3, -0.25) is 0 Å². The Morgan fingerprint density at radius 2 is 1.48 bits per heavy atom. The number of fused-ring (bicyclic) bond motifs is 1. The summed E-state index contributed by atoms with van der Waals surface area (Å²) in [6, 6.07) is 22.7. The summed E-state index contributed by atoms with van der Waals surface area (Å²) in [6.07, 6.45) is 0. The van der Waals surface area contributed by atoms with Crippen LogP contribution < -0.4 is 0 Å². The van der Waals surface area contributed by atoms with E-state index >= 15 is 0 Å². The Kier molecular flexibility index (Phi) is 4.72. The van der Waals surface area contributed by atoms with E-state index in [1.165, 1.54) is 19.2 Å². The Morgan fingerprint density at radius 3 is 2.14 bits per heavy atom. The molecule has 1 heterocycles. The highest BCUT2D eigenvalue weighted by molar-refractivity contribution is 7.90. The number of methoxy groups -OCH3 is 1. The van der Waals surface area contributed by atoms with Crippen LogP contribution in [0.25, 0.3) is 22.0 Å². The van der Waals surface area contributed by atoms with E-state index in [-0.39, 0.29) is 10.6 Å². The second-order valence-electron chi connectivity index (χ2n) is 6.68. The van der Waals surface area contributed by atoms with Gasteiger partial charge in [-0.05, 0) is 30.7 Å². The highest BCUT2D eigenvalue weighted by Crippen LogP contribution is 2.37. The summed E-state index contributed by atoms with van der Waals surface area (Å²) in [5.74, 6) is -0.712. The third-order valence-electron chi connectivity index (χ3n) is 4.83. The molecule has 0 fully saturated rings. The number of benzene rings is 3. The Labute approximate surface area is 169 Å². The van der Waals surface area contributed by atoms with Crippen LogP contribution >= 0.6 is 0 Å². The number of aromatic nitrogens is 1. The first kappa shape index (κ1) is 19.0. The summed E-state index contributed by atoms with van der Waals surface area (Å²) >= 11 is 0. The molecule has 4 aromatic rings. The summed E-state index contributed by atoms with van der Waals surface area (Å²) in [5, 5.41) is 0.663. The van der Waals surface area contributed by atoms with Crippen molar-refractivity contribution < 1.29 is 17.9 Å². The molecule has 0 radical (unpaired) electrons. The van der Waals surface area contributed by atoms with E-state index in [1.807, 2.05) is 43.3 Å². The van der Waals surface area contributed by atoms with Gasteiger partial charge in [0.2, 0.25) is 0 Å². The van der Waals surface area contributed by atoms with Gasteiger partial charge in [0.25, 0.3) is 10.0 Å². The molecule has 0 unspecified atom stereocenters. The average Bonchev–Trinajstić information content (AvgIpc) is 3.10. The molecule has 0 bridgehead atoms. The van der Waals surface area contributed by atoms with Crippen molar-refractivity contribution in [2.45, 2.75) is 11.8 Å². The minimum Gasteiger partial charge on any atom is -0.464 e. The lowest BCUT2D eigenvalue weighted by molar-refractivity contribution is 0.0594. The second-order valence-corrected chi connectivity index (χ2v) is 8.47. The number of hydrogen-bond donors (Lipinski definition) is 0. The summed E-state index contributed by atoms with van der Waals surface area (Å²) in [4.78, 5) is 12.9. The Balaban J connectivity index is 2.16. The topological polar surface area (TPSA) is 65.4 Å². The minimum atomic E-state index is -4.03. The van der Waals surface area contributed by atoms with Crippen molar-refractivity contribution in [3.05, 3.63) is 90.1 Å². The standard InChI is InChI=1S/C23H19NO4S/c1-16-12-14-17(15-13-16)21-19-10-6-7-11-20(19)24(22(21)23(25)28-2)29(26,27)18-8-4-3-5-9-18/h3-15H,1-2H3. The van der Waals surface area contributed by atoms with Gasteiger partial charge in [-0.15, -0.1) is 0 Å². The molecule has 0 amide bonds. The molecule has 6 heteroatoms. The Bertz CT molecular complexity index is 1300. The zero-order valence-corrected chi connectivity index (χ0v) is 16.8. The van der Waals surface area contributed by atoms with Crippen molar-refractivity contribution >= 4 is 26.9 Å². The van der Waals surface area contributed by atoms with Crippen molar-refractivity contribution in [3.63, 3.8) is 0 Å². The number of carbonyl (C=O) groups excluding carboxylic acids is 1. The molecule has 0 saturated heterocycles. The van der Waals surface area contributed by atoms with Gasteiger partial charge in [-0.25, -0.2) is 17.2 Å². The lowest BCUT2D eigenvalue weighted by Gasteiger charge is -2.12. The van der Waals surface area contributed by atoms with E-state index in [4.69, 9.17) is 4.74 Å². The third kappa shape index (κ3) is 3.11. The van der Waals surface area contributed by atoms with Crippen LogP contribution in [-0.4, -0.2) is 25.5 Å². The largest absolute Gasteiger partial charge is 0.464 e. The summed E-state index contributed by atoms with van der Waals surface area (Å²) < 4.78 is 33.2. The fourth-order valence-electron chi connectivity index (χ4n) is 3.45. The van der Waals surface area contributed by atoms with Gasteiger partial charge in [0, 0.05) is 10.9 Å². The van der Waals surface area contributed by atoms with Crippen LogP contribution in [-0.2, 0) is 14.8 Å². The van der Waals surface area contributed by atoms with Crippen LogP contribution in [0.5, 0.6) is 0 Å². The summed E-state index contributed by atoms with van der Waals surface area (Å²) in [5.41, 5.74) is 2.75. The van der Waals surface area contributed by atoms with Gasteiger partial charge in [-0.1, -0.05) is 66.2 Å². The molecule has 146 valence electrons. The number of carbonyl (C=O) groups is 1. The molecule has 29 heavy (non-hydrogen) atoms. The minimum absolute atomic E-state index is 0.0126. The third-order valence-corrected chi connectivity index (χ3v) is 6.56. The highest BCUT2D eigenvalue weighted by Gasteiger charge is 2.31. The maximum atomic E-state index is 13.5. The molecule has 0 N–H and O–H groups in total. The lowest BCUT2D eigenvalue weighted by atomic mass is 10.0. The van der Waals surface area contributed by atoms with Crippen LogP contribution in [0.15, 0.2) is 83.8 Å². The highest BCUT2D eigenvalue weighted by atomic mass is 32.2. The monoisotopic (exact) mass is 405 g/mol. The lowest BCUT2D eigenvalue weighted by Crippen LogP contribution is -2.19. The van der Waals surface area contributed by atoms with E-state index in [1.54, 1.807) is 30.3 Å². The number of nitrogens with zero attached hydrogens (tertiary/aromatic N) is 1. The average molecular weight is 405 g/mol. The SMILES string of the molecule is COC(=O)c1c(-c2ccc(C)cc2)c2ccccc2n1S(=O)(=O)c1ccccc1. The predicted molar refractivity (Wildman–Crippen MR) is 112 cm³/mol. The van der Waals surface area contributed by atoms with Gasteiger partial charge in [0.15, 0.2) is 5.69 Å². The molecule has 1 aromatic heterocycles. The molecule has 0 spiro atoms. The van der Waals surface area contributed by atoms with Crippen LogP contribution in [0.3, 0.4) is 0 Å². The molecule has 3 aromatic carbocycles. The van der Waals surface area contributed by atoms with Gasteiger partial charge < -0.3 is 4.74 Å². The maximum absolute atomic E-state index is 13.5. The summed E-state index contributed by atoms with van der Waals surface area (Å²) in [7, 11) is -2.78. The number of para-hydroxylation sites is 1. The quantitative estimate of drug-likeness (QED) is 0.464. The zero-order chi connectivity index (χ0) is 20.6. The molecule has 0 aliphatic carbocycles. The van der Waals surface area contributed by atoms with Gasteiger partial charge in [0.1, 0.15) is 0 Å². The van der Waals surface area contributed by atoms with Crippen molar-refractivity contribution in [2.24, 2.45) is 0 Å². The smallest absolute Gasteiger partial charge is 0.356 e. The van der Waals surface area contributed by atoms with E-state index in [0.29, 0.717) is 16.5 Å². The molecule has 4 rings (SSSR count). The first-order valence-corrected chi connectivity index (χ1v) is 10.5. The fourth-order valence-corrected chi connectivity index (χ4v) is 4.99. The van der Waals surface area contributed by atoms with Gasteiger partial charge in [-0.2, -0.15) is 0 Å². The van der Waals surface area contributed by atoms with Crippen molar-refractivity contribution in [1.29, 1.82) is 0 Å². The van der Waals surface area contributed by atoms with Crippen LogP contribution in [0, 0.1) is 6.92 Å². The van der Waals surface area contributed by atoms with Gasteiger partial charge >= 0.3 is 5.97 Å². The van der Waals surface area contributed by atoms with Crippen LogP contribution in [0.2, 0.25) is 0 Å². The second kappa shape index (κ2) is 7.22. The van der Waals surface area contributed by atoms with Crippen LogP contribution in [0.4, 0.5) is 0 Å². The number of rotatable bonds is 4. The van der Waals surface area contributed by atoms with E-state index in [2.05, 4.69) is 0 Å². The maximum Gasteiger partial charge on any atom is 0.356 e. The van der Waals surface area contributed by atoms with Crippen molar-refractivity contribution in [1.82, 2.24) is 3.97 Å². The van der Waals surface area contributed by atoms with E-state index in [0.717, 1.165) is 15.1 Å². The molecular weight excluding hydrogens is 386 g/mol. The van der Waals surface area contributed by atoms with E-state index < -0.39 is 16.0 Å². The number of hydrogen-bond acceptors (Lipinski definition) is 4. The molecule has 0 saturated carbocycles. The van der Waals surface area contributed by atoms with Gasteiger partial charge in [0.05, 0.1) is 17.5 Å². The van der Waals surface area contributed by atoms with Crippen LogP contribution in [0.1, 0.15) is 16.1 Å². The number of aryl methyl sites for hydroxylation is 1. The number of esters is 1. The Hall–Kier alpha value is -3.38. The van der Waals surface area contributed by atoms with Crippen molar-refractivity contribution in [2.75, 3.05) is 7.11 Å². The number of ether oxygens (including phenoxy) is 1. The first-order valence-electron chi connectivity index (χ1n) is 9.04. The fraction of sp³-hybridized carbons (Fsp3) is 0.0870. The normalized spacial score (nSPS) is 11.5. The molecule has 0 atom stereocenters. The molecule has 0 aliphatic rings. The van der Waals surface area contributed by atoms with Crippen molar-refractivity contribution in [3.8, 4) is 11.1 Å². The zero-order valence-electron chi connectivity index (χ0n) is 16.0. The molecular formula is C23H19NO4S. The van der Waals surface area contributed by atoms with E-state index in [9.17, 15) is 13.2 Å². The summed E-state index contributed by atoms with van der Waals surface area (Å²) in [6.45, 7) is 1.97. The Morgan fingerprint density at radius 1 is 0.862 bits per heavy atom.